The van der Waals surface area contributed by atoms with E-state index in [4.69, 9.17) is 10.6 Å². The maximum Gasteiger partial charge on any atom is 0.111 e. The van der Waals surface area contributed by atoms with E-state index in [9.17, 15) is 0 Å². The average Bonchev–Trinajstić information content (AvgIpc) is 2.82. The molecule has 0 aliphatic carbocycles. The molecule has 0 radical (unpaired) electrons. The molecule has 4 heteroatoms. The third kappa shape index (κ3) is 2.84. The molecule has 3 N–H and O–H groups in total. The highest BCUT2D eigenvalue weighted by molar-refractivity contribution is 9.10. The summed E-state index contributed by atoms with van der Waals surface area (Å²) in [6.45, 7) is 0.772. The number of hydrogen-bond donors (Lipinski definition) is 2. The van der Waals surface area contributed by atoms with Crippen molar-refractivity contribution in [3.05, 3.63) is 46.1 Å². The monoisotopic (exact) mass is 282 g/mol. The smallest absolute Gasteiger partial charge is 0.111 e. The summed E-state index contributed by atoms with van der Waals surface area (Å²) in [6.07, 6.45) is 3.92. The number of hydrazine groups is 1. The lowest BCUT2D eigenvalue weighted by Gasteiger charge is -2.17. The van der Waals surface area contributed by atoms with Gasteiger partial charge in [-0.25, -0.2) is 5.43 Å². The standard InChI is InChI=1S/C12H15BrN2O/c13-10-5-3-9(4-6-10)8-11(15-14)12-2-1-7-16-12/h2-6,11,15H,1,7-8,14H2. The highest BCUT2D eigenvalue weighted by atomic mass is 79.9. The van der Waals surface area contributed by atoms with Crippen LogP contribution in [0.15, 0.2) is 40.6 Å². The lowest BCUT2D eigenvalue weighted by Crippen LogP contribution is -2.38. The van der Waals surface area contributed by atoms with Gasteiger partial charge in [-0.1, -0.05) is 28.1 Å². The van der Waals surface area contributed by atoms with Gasteiger partial charge in [0.25, 0.3) is 0 Å². The summed E-state index contributed by atoms with van der Waals surface area (Å²) in [5.41, 5.74) is 4.04. The molecule has 0 spiro atoms. The highest BCUT2D eigenvalue weighted by Gasteiger charge is 2.17. The molecule has 1 aliphatic rings. The summed E-state index contributed by atoms with van der Waals surface area (Å²) in [6, 6.07) is 8.32. The van der Waals surface area contributed by atoms with E-state index >= 15 is 0 Å². The van der Waals surface area contributed by atoms with Gasteiger partial charge in [0.1, 0.15) is 5.76 Å². The van der Waals surface area contributed by atoms with E-state index < -0.39 is 0 Å². The Morgan fingerprint density at radius 3 is 2.69 bits per heavy atom. The Balaban J connectivity index is 2.03. The molecule has 1 aliphatic heterocycles. The molecule has 0 saturated heterocycles. The minimum Gasteiger partial charge on any atom is -0.496 e. The van der Waals surface area contributed by atoms with Gasteiger partial charge in [-0.3, -0.25) is 5.84 Å². The van der Waals surface area contributed by atoms with Gasteiger partial charge in [0.15, 0.2) is 0 Å². The van der Waals surface area contributed by atoms with Gasteiger partial charge in [0, 0.05) is 10.9 Å². The fourth-order valence-corrected chi connectivity index (χ4v) is 2.04. The van der Waals surface area contributed by atoms with Crippen LogP contribution in [0.4, 0.5) is 0 Å². The summed E-state index contributed by atoms with van der Waals surface area (Å²) in [5.74, 6) is 6.51. The van der Waals surface area contributed by atoms with Gasteiger partial charge in [0.2, 0.25) is 0 Å². The number of halogens is 1. The quantitative estimate of drug-likeness (QED) is 0.657. The minimum absolute atomic E-state index is 0.0728. The van der Waals surface area contributed by atoms with Crippen LogP contribution in [0, 0.1) is 0 Å². The van der Waals surface area contributed by atoms with Gasteiger partial charge in [0.05, 0.1) is 12.6 Å². The van der Waals surface area contributed by atoms with Crippen molar-refractivity contribution < 1.29 is 4.74 Å². The summed E-state index contributed by atoms with van der Waals surface area (Å²) in [5, 5.41) is 0. The van der Waals surface area contributed by atoms with Crippen LogP contribution >= 0.6 is 15.9 Å². The molecule has 3 nitrogen and oxygen atoms in total. The van der Waals surface area contributed by atoms with E-state index in [0.717, 1.165) is 29.7 Å². The molecule has 2 rings (SSSR count). The van der Waals surface area contributed by atoms with E-state index in [1.165, 1.54) is 5.56 Å². The second-order valence-corrected chi connectivity index (χ2v) is 4.71. The van der Waals surface area contributed by atoms with Crippen LogP contribution in [0.2, 0.25) is 0 Å². The molecular weight excluding hydrogens is 268 g/mol. The van der Waals surface area contributed by atoms with Gasteiger partial charge >= 0.3 is 0 Å². The van der Waals surface area contributed by atoms with Gasteiger partial charge in [-0.05, 0) is 30.2 Å². The van der Waals surface area contributed by atoms with Crippen molar-refractivity contribution in [2.24, 2.45) is 5.84 Å². The lowest BCUT2D eigenvalue weighted by molar-refractivity contribution is 0.214. The molecule has 1 atom stereocenters. The Bertz CT molecular complexity index is 375. The van der Waals surface area contributed by atoms with Gasteiger partial charge in [-0.15, -0.1) is 0 Å². The number of hydrogen-bond acceptors (Lipinski definition) is 3. The second-order valence-electron chi connectivity index (χ2n) is 3.79. The molecule has 0 saturated carbocycles. The Morgan fingerprint density at radius 1 is 1.38 bits per heavy atom. The van der Waals surface area contributed by atoms with Crippen LogP contribution in [0.5, 0.6) is 0 Å². The number of benzene rings is 1. The van der Waals surface area contributed by atoms with Crippen molar-refractivity contribution >= 4 is 15.9 Å². The molecule has 0 bridgehead atoms. The van der Waals surface area contributed by atoms with Crippen LogP contribution in [-0.2, 0) is 11.2 Å². The molecule has 86 valence electrons. The van der Waals surface area contributed by atoms with Crippen LogP contribution < -0.4 is 11.3 Å². The van der Waals surface area contributed by atoms with Gasteiger partial charge in [-0.2, -0.15) is 0 Å². The zero-order valence-corrected chi connectivity index (χ0v) is 10.5. The van der Waals surface area contributed by atoms with Crippen molar-refractivity contribution in [1.82, 2.24) is 5.43 Å². The first-order valence-corrected chi connectivity index (χ1v) is 6.12. The minimum atomic E-state index is 0.0728. The molecule has 1 unspecified atom stereocenters. The van der Waals surface area contributed by atoms with E-state index in [0.29, 0.717) is 0 Å². The van der Waals surface area contributed by atoms with E-state index in [1.54, 1.807) is 0 Å². The number of nitrogens with two attached hydrogens (primary N) is 1. The van der Waals surface area contributed by atoms with Crippen LogP contribution in [0.1, 0.15) is 12.0 Å². The van der Waals surface area contributed by atoms with Crippen molar-refractivity contribution in [1.29, 1.82) is 0 Å². The zero-order valence-electron chi connectivity index (χ0n) is 8.95. The molecule has 0 aromatic heterocycles. The SMILES string of the molecule is NNC(Cc1ccc(Br)cc1)C1=CCCO1. The van der Waals surface area contributed by atoms with E-state index in [-0.39, 0.29) is 6.04 Å². The van der Waals surface area contributed by atoms with Crippen LogP contribution in [-0.4, -0.2) is 12.6 Å². The van der Waals surface area contributed by atoms with Crippen molar-refractivity contribution in [3.63, 3.8) is 0 Å². The molecule has 1 aromatic rings. The largest absolute Gasteiger partial charge is 0.496 e. The second kappa shape index (κ2) is 5.48. The number of rotatable bonds is 4. The van der Waals surface area contributed by atoms with Gasteiger partial charge < -0.3 is 4.74 Å². The third-order valence-corrected chi connectivity index (χ3v) is 3.16. The predicted molar refractivity (Wildman–Crippen MR) is 67.6 cm³/mol. The Hall–Kier alpha value is -0.840. The summed E-state index contributed by atoms with van der Waals surface area (Å²) >= 11 is 3.42. The van der Waals surface area contributed by atoms with E-state index in [1.807, 2.05) is 12.1 Å². The maximum atomic E-state index is 5.55. The van der Waals surface area contributed by atoms with Crippen molar-refractivity contribution in [3.8, 4) is 0 Å². The Kier molecular flexibility index (Phi) is 3.98. The average molecular weight is 283 g/mol. The maximum absolute atomic E-state index is 5.55. The summed E-state index contributed by atoms with van der Waals surface area (Å²) < 4.78 is 6.60. The first-order valence-electron chi connectivity index (χ1n) is 5.33. The zero-order chi connectivity index (χ0) is 11.4. The normalized spacial score (nSPS) is 16.8. The first-order chi connectivity index (χ1) is 7.79. The Labute approximate surface area is 104 Å². The lowest BCUT2D eigenvalue weighted by atomic mass is 10.0. The fraction of sp³-hybridized carbons (Fsp3) is 0.333. The molecule has 0 amide bonds. The van der Waals surface area contributed by atoms with Crippen LogP contribution in [0.3, 0.4) is 0 Å². The van der Waals surface area contributed by atoms with Crippen LogP contribution in [0.25, 0.3) is 0 Å². The fourth-order valence-electron chi connectivity index (χ4n) is 1.78. The highest BCUT2D eigenvalue weighted by Crippen LogP contribution is 2.18. The number of nitrogens with one attached hydrogen (secondary N) is 1. The number of ether oxygens (including phenoxy) is 1. The molecule has 16 heavy (non-hydrogen) atoms. The van der Waals surface area contributed by atoms with Crippen molar-refractivity contribution in [2.45, 2.75) is 18.9 Å². The predicted octanol–water partition coefficient (Wildman–Crippen LogP) is 2.13. The molecular formula is C12H15BrN2O. The molecule has 1 heterocycles. The molecule has 1 aromatic carbocycles. The van der Waals surface area contributed by atoms with E-state index in [2.05, 4.69) is 39.6 Å². The topological polar surface area (TPSA) is 47.3 Å². The first kappa shape index (κ1) is 11.6. The summed E-state index contributed by atoms with van der Waals surface area (Å²) in [7, 11) is 0. The van der Waals surface area contributed by atoms with Crippen molar-refractivity contribution in [2.75, 3.05) is 6.61 Å². The third-order valence-electron chi connectivity index (χ3n) is 2.63. The molecule has 0 fully saturated rings. The summed E-state index contributed by atoms with van der Waals surface area (Å²) in [4.78, 5) is 0. The Morgan fingerprint density at radius 2 is 2.12 bits per heavy atom.